The lowest BCUT2D eigenvalue weighted by Gasteiger charge is -2.33. The van der Waals surface area contributed by atoms with Gasteiger partial charge in [0, 0.05) is 57.0 Å². The van der Waals surface area contributed by atoms with Gasteiger partial charge in [0.05, 0.1) is 35.9 Å². The number of amides is 6. The van der Waals surface area contributed by atoms with Gasteiger partial charge in [0.25, 0.3) is 0 Å². The van der Waals surface area contributed by atoms with Crippen LogP contribution >= 0.6 is 0 Å². The molecule has 1 aromatic carbocycles. The molecule has 370 valence electrons. The summed E-state index contributed by atoms with van der Waals surface area (Å²) in [6.45, 7) is 20.9. The summed E-state index contributed by atoms with van der Waals surface area (Å²) in [6.07, 6.45) is -1.55. The Bertz CT molecular complexity index is 1700. The average Bonchev–Trinajstić information content (AvgIpc) is 3.21. The van der Waals surface area contributed by atoms with Crippen molar-refractivity contribution in [1.29, 1.82) is 0 Å². The highest BCUT2D eigenvalue weighted by Crippen LogP contribution is 2.31. The number of aliphatic hydroxyl groups excluding tert-OH is 1. The van der Waals surface area contributed by atoms with E-state index in [-0.39, 0.29) is 93.2 Å². The molecule has 65 heavy (non-hydrogen) atoms. The number of hydrogen-bond donors (Lipinski definition) is 9. The first-order valence-electron chi connectivity index (χ1n) is 22.3. The molecule has 0 aliphatic carbocycles. The number of carbonyl (C=O) groups excluding carboxylic acids is 6. The Labute approximate surface area is 383 Å². The number of rotatable bonds is 26. The fourth-order valence-electron chi connectivity index (χ4n) is 5.97. The summed E-state index contributed by atoms with van der Waals surface area (Å²) in [5.74, 6) is -3.19. The number of carboxylic acid groups (broad SMARTS) is 1. The second-order valence-electron chi connectivity index (χ2n) is 18.2. The minimum atomic E-state index is -1.12. The van der Waals surface area contributed by atoms with E-state index in [1.165, 1.54) is 0 Å². The molecule has 0 saturated carbocycles. The van der Waals surface area contributed by atoms with E-state index < -0.39 is 65.3 Å². The van der Waals surface area contributed by atoms with Crippen LogP contribution in [0.3, 0.4) is 0 Å². The normalized spacial score (nSPS) is 16.7. The minimum absolute atomic E-state index is 0.00479. The molecule has 1 aliphatic heterocycles. The summed E-state index contributed by atoms with van der Waals surface area (Å²) >= 11 is 0. The maximum atomic E-state index is 13.1. The number of benzene rings is 1. The number of anilines is 1. The highest BCUT2D eigenvalue weighted by Gasteiger charge is 2.35. The third-order valence-corrected chi connectivity index (χ3v) is 9.91. The smallest absolute Gasteiger partial charge is 0.312 e. The lowest BCUT2D eigenvalue weighted by Crippen LogP contribution is -2.51. The average molecular weight is 924 g/mol. The monoisotopic (exact) mass is 924 g/mol. The number of urea groups is 1. The molecule has 4 atom stereocenters. The van der Waals surface area contributed by atoms with Crippen molar-refractivity contribution in [3.63, 3.8) is 0 Å². The highest BCUT2D eigenvalue weighted by atomic mass is 16.7. The Morgan fingerprint density at radius 3 is 2.12 bits per heavy atom. The summed E-state index contributed by atoms with van der Waals surface area (Å²) in [5, 5.41) is 36.2. The number of hydrogen-bond acceptors (Lipinski definition) is 13. The molecule has 20 nitrogen and oxygen atoms in total. The standard InChI is InChI=1S/C41H67N5O12.C4H10N2O/c1-24(2)35(45-26(5)6)37(52)44-22-32(48)46-29-12-11-27(23-55-38(53)25(3)4)19-30(29)57-34-21-28(47)20-31(58-34)36(51)42-16-17-43-39(54)40(7,8)15-18-56-41(9,10)14-13-33(49)50;1-2-3-6-4(5)7/h11-12,19,24-26,28,31,34-35,45,47H,13-18,20-23H2,1-10H3,(H,42,51)(H,43,54)(H,44,52)(H,46,48)(H,49,50);2-3H2,1H3,(H3,5,6,7). The van der Waals surface area contributed by atoms with Crippen molar-refractivity contribution < 1.29 is 62.7 Å². The van der Waals surface area contributed by atoms with Crippen LogP contribution in [-0.4, -0.2) is 121 Å². The molecule has 0 bridgehead atoms. The fourth-order valence-corrected chi connectivity index (χ4v) is 5.97. The topological polar surface area (TPSA) is 295 Å². The molecule has 20 heteroatoms. The van der Waals surface area contributed by atoms with E-state index in [1.807, 2.05) is 34.6 Å². The first-order chi connectivity index (χ1) is 30.3. The van der Waals surface area contributed by atoms with Gasteiger partial charge in [0.15, 0.2) is 0 Å². The zero-order valence-electron chi connectivity index (χ0n) is 40.2. The number of ether oxygens (including phenoxy) is 4. The SMILES string of the molecule is CC(C)NC(C(=O)NCC(=O)Nc1ccc(COC(=O)C(C)C)cc1OC1CC(O)CC(C(=O)NCCNC(=O)C(C)(C)CCOC(C)(C)CCC(=O)O)O1)C(C)C.CCCNC(N)=O. The first kappa shape index (κ1) is 58.0. The van der Waals surface area contributed by atoms with E-state index in [2.05, 4.69) is 31.9 Å². The van der Waals surface area contributed by atoms with Crippen LogP contribution in [0.15, 0.2) is 18.2 Å². The molecule has 10 N–H and O–H groups in total. The molecule has 0 aromatic heterocycles. The van der Waals surface area contributed by atoms with Crippen molar-refractivity contribution in [1.82, 2.24) is 26.6 Å². The lowest BCUT2D eigenvalue weighted by molar-refractivity contribution is -0.184. The van der Waals surface area contributed by atoms with Crippen molar-refractivity contribution in [2.75, 3.05) is 38.1 Å². The van der Waals surface area contributed by atoms with Crippen molar-refractivity contribution >= 4 is 47.3 Å². The zero-order chi connectivity index (χ0) is 49.5. The van der Waals surface area contributed by atoms with Crippen LogP contribution in [0.2, 0.25) is 0 Å². The number of carbonyl (C=O) groups is 7. The first-order valence-corrected chi connectivity index (χ1v) is 22.3. The van der Waals surface area contributed by atoms with Gasteiger partial charge in [-0.15, -0.1) is 0 Å². The zero-order valence-corrected chi connectivity index (χ0v) is 40.2. The summed E-state index contributed by atoms with van der Waals surface area (Å²) in [6, 6.07) is 3.86. The molecule has 1 aliphatic rings. The maximum absolute atomic E-state index is 13.1. The van der Waals surface area contributed by atoms with Crippen LogP contribution < -0.4 is 42.4 Å². The van der Waals surface area contributed by atoms with E-state index in [0.717, 1.165) is 6.42 Å². The number of nitrogens with two attached hydrogens (primary N) is 1. The Kier molecular flexibility index (Phi) is 25.7. The number of esters is 1. The van der Waals surface area contributed by atoms with Crippen LogP contribution in [0.1, 0.15) is 120 Å². The number of nitrogens with one attached hydrogen (secondary N) is 6. The van der Waals surface area contributed by atoms with E-state index >= 15 is 0 Å². The number of primary amides is 1. The molecule has 6 amide bonds. The van der Waals surface area contributed by atoms with Crippen LogP contribution in [-0.2, 0) is 49.6 Å². The van der Waals surface area contributed by atoms with Gasteiger partial charge in [-0.25, -0.2) is 4.79 Å². The molecule has 1 fully saturated rings. The van der Waals surface area contributed by atoms with Gasteiger partial charge in [-0.05, 0) is 56.7 Å². The van der Waals surface area contributed by atoms with Gasteiger partial charge >= 0.3 is 18.0 Å². The van der Waals surface area contributed by atoms with E-state index in [0.29, 0.717) is 24.9 Å². The van der Waals surface area contributed by atoms with Gasteiger partial charge < -0.3 is 66.8 Å². The number of carboxylic acids is 1. The van der Waals surface area contributed by atoms with Gasteiger partial charge in [-0.1, -0.05) is 68.4 Å². The highest BCUT2D eigenvalue weighted by molar-refractivity contribution is 5.96. The lowest BCUT2D eigenvalue weighted by atomic mass is 9.88. The second-order valence-corrected chi connectivity index (χ2v) is 18.2. The molecule has 1 saturated heterocycles. The van der Waals surface area contributed by atoms with Gasteiger partial charge in [0.1, 0.15) is 18.5 Å². The van der Waals surface area contributed by atoms with E-state index in [4.69, 9.17) is 29.8 Å². The number of aliphatic hydroxyl groups is 1. The van der Waals surface area contributed by atoms with Gasteiger partial charge in [-0.3, -0.25) is 28.8 Å². The minimum Gasteiger partial charge on any atom is -0.481 e. The number of aliphatic carboxylic acids is 1. The van der Waals surface area contributed by atoms with Crippen LogP contribution in [0.4, 0.5) is 10.5 Å². The van der Waals surface area contributed by atoms with E-state index in [1.54, 1.807) is 59.7 Å². The Morgan fingerprint density at radius 1 is 0.892 bits per heavy atom. The Hall–Kier alpha value is -5.05. The molecule has 1 aromatic rings. The van der Waals surface area contributed by atoms with Crippen molar-refractivity contribution in [3.8, 4) is 5.75 Å². The quantitative estimate of drug-likeness (QED) is 0.0477. The fraction of sp³-hybridized carbons (Fsp3) is 0.711. The molecule has 0 radical (unpaired) electrons. The molecule has 0 spiro atoms. The van der Waals surface area contributed by atoms with Gasteiger partial charge in [0.2, 0.25) is 29.9 Å². The summed E-state index contributed by atoms with van der Waals surface area (Å²) in [4.78, 5) is 84.9. The molecular formula is C45H77N7O13. The summed E-state index contributed by atoms with van der Waals surface area (Å²) in [7, 11) is 0. The molecule has 4 unspecified atom stereocenters. The van der Waals surface area contributed by atoms with E-state index in [9.17, 15) is 38.7 Å². The van der Waals surface area contributed by atoms with Crippen molar-refractivity contribution in [2.24, 2.45) is 23.0 Å². The maximum Gasteiger partial charge on any atom is 0.312 e. The second kappa shape index (κ2) is 28.8. The van der Waals surface area contributed by atoms with Crippen molar-refractivity contribution in [3.05, 3.63) is 23.8 Å². The molecule has 1 heterocycles. The van der Waals surface area contributed by atoms with Crippen LogP contribution in [0.25, 0.3) is 0 Å². The summed E-state index contributed by atoms with van der Waals surface area (Å²) in [5.41, 5.74) is 4.04. The Balaban J connectivity index is 0.00000277. The molecular weight excluding hydrogens is 847 g/mol. The third-order valence-electron chi connectivity index (χ3n) is 9.91. The summed E-state index contributed by atoms with van der Waals surface area (Å²) < 4.78 is 23.3. The largest absolute Gasteiger partial charge is 0.481 e. The Morgan fingerprint density at radius 2 is 1.55 bits per heavy atom. The predicted octanol–water partition coefficient (Wildman–Crippen LogP) is 3.08. The van der Waals surface area contributed by atoms with Gasteiger partial charge in [-0.2, -0.15) is 0 Å². The molecule has 2 rings (SSSR count). The van der Waals surface area contributed by atoms with Crippen LogP contribution in [0, 0.1) is 17.3 Å². The van der Waals surface area contributed by atoms with Crippen molar-refractivity contribution in [2.45, 2.75) is 157 Å². The third kappa shape index (κ3) is 24.2. The van der Waals surface area contributed by atoms with Crippen LogP contribution in [0.5, 0.6) is 5.75 Å². The predicted molar refractivity (Wildman–Crippen MR) is 243 cm³/mol.